The van der Waals surface area contributed by atoms with Gasteiger partial charge in [0.05, 0.1) is 5.56 Å². The minimum Gasteiger partial charge on any atom is -0.367 e. The highest BCUT2D eigenvalue weighted by Gasteiger charge is 2.16. The van der Waals surface area contributed by atoms with E-state index in [2.05, 4.69) is 5.16 Å². The zero-order valence-electron chi connectivity index (χ0n) is 10.0. The van der Waals surface area contributed by atoms with Crippen molar-refractivity contribution in [2.45, 2.75) is 0 Å². The smallest absolute Gasteiger partial charge is 0.230 e. The third kappa shape index (κ3) is 2.08. The molecule has 3 aromatic rings. The van der Waals surface area contributed by atoms with Gasteiger partial charge in [-0.05, 0) is 29.8 Å². The maximum atomic E-state index is 13.0. The summed E-state index contributed by atoms with van der Waals surface area (Å²) < 4.78 is 18.0. The van der Waals surface area contributed by atoms with Crippen molar-refractivity contribution in [1.29, 1.82) is 0 Å². The van der Waals surface area contributed by atoms with E-state index < -0.39 is 0 Å². The van der Waals surface area contributed by atoms with E-state index in [9.17, 15) is 4.39 Å². The highest BCUT2D eigenvalue weighted by atomic mass is 19.1. The second kappa shape index (κ2) is 4.57. The molecule has 0 amide bonds. The third-order valence-corrected chi connectivity index (χ3v) is 2.90. The monoisotopic (exact) mass is 254 g/mol. The van der Waals surface area contributed by atoms with Gasteiger partial charge < -0.3 is 10.3 Å². The summed E-state index contributed by atoms with van der Waals surface area (Å²) in [5.74, 6) is -0.0352. The lowest BCUT2D eigenvalue weighted by molar-refractivity contribution is 0.439. The number of halogens is 1. The quantitative estimate of drug-likeness (QED) is 0.758. The van der Waals surface area contributed by atoms with Crippen LogP contribution in [0.1, 0.15) is 0 Å². The van der Waals surface area contributed by atoms with Gasteiger partial charge in [-0.2, -0.15) is 0 Å². The van der Waals surface area contributed by atoms with E-state index in [-0.39, 0.29) is 11.7 Å². The van der Waals surface area contributed by atoms with Gasteiger partial charge in [0.25, 0.3) is 0 Å². The molecule has 4 heteroatoms. The van der Waals surface area contributed by atoms with Crippen LogP contribution in [0.15, 0.2) is 59.1 Å². The molecule has 0 bridgehead atoms. The van der Waals surface area contributed by atoms with Crippen molar-refractivity contribution in [3.05, 3.63) is 60.4 Å². The molecule has 0 fully saturated rings. The van der Waals surface area contributed by atoms with E-state index in [1.54, 1.807) is 12.1 Å². The van der Waals surface area contributed by atoms with Gasteiger partial charge in [-0.3, -0.25) is 0 Å². The van der Waals surface area contributed by atoms with Crippen LogP contribution in [0, 0.1) is 5.82 Å². The normalized spacial score (nSPS) is 10.6. The van der Waals surface area contributed by atoms with E-state index in [4.69, 9.17) is 10.3 Å². The van der Waals surface area contributed by atoms with E-state index >= 15 is 0 Å². The first-order valence-electron chi connectivity index (χ1n) is 5.82. The number of hydrogen-bond donors (Lipinski definition) is 1. The molecule has 2 aromatic carbocycles. The summed E-state index contributed by atoms with van der Waals surface area (Å²) >= 11 is 0. The molecule has 0 saturated heterocycles. The molecule has 0 spiro atoms. The van der Waals surface area contributed by atoms with Crippen LogP contribution >= 0.6 is 0 Å². The first kappa shape index (κ1) is 11.5. The average molecular weight is 254 g/mol. The minimum absolute atomic E-state index is 0.255. The van der Waals surface area contributed by atoms with Crippen molar-refractivity contribution >= 4 is 5.88 Å². The molecule has 2 N–H and O–H groups in total. The molecular formula is C15H11FN2O. The van der Waals surface area contributed by atoms with E-state index in [0.29, 0.717) is 5.69 Å². The number of rotatable bonds is 2. The Morgan fingerprint density at radius 2 is 1.58 bits per heavy atom. The topological polar surface area (TPSA) is 52.0 Å². The number of nitrogens with two attached hydrogens (primary N) is 1. The summed E-state index contributed by atoms with van der Waals surface area (Å²) in [5.41, 5.74) is 8.86. The molecule has 0 aliphatic carbocycles. The van der Waals surface area contributed by atoms with E-state index in [1.165, 1.54) is 12.1 Å². The third-order valence-electron chi connectivity index (χ3n) is 2.90. The van der Waals surface area contributed by atoms with Crippen LogP contribution in [0.4, 0.5) is 10.3 Å². The Kier molecular flexibility index (Phi) is 2.76. The summed E-state index contributed by atoms with van der Waals surface area (Å²) in [6.07, 6.45) is 0. The Bertz CT molecular complexity index is 690. The van der Waals surface area contributed by atoms with Gasteiger partial charge in [-0.25, -0.2) is 4.39 Å². The molecule has 1 aromatic heterocycles. The number of aromatic nitrogens is 1. The molecule has 94 valence electrons. The van der Waals surface area contributed by atoms with Crippen molar-refractivity contribution in [1.82, 2.24) is 5.16 Å². The molecule has 0 radical (unpaired) electrons. The lowest BCUT2D eigenvalue weighted by atomic mass is 10.0. The number of benzene rings is 2. The number of nitrogens with zero attached hydrogens (tertiary/aromatic N) is 1. The molecular weight excluding hydrogens is 243 g/mol. The number of nitrogen functional groups attached to an aromatic ring is 1. The van der Waals surface area contributed by atoms with Gasteiger partial charge >= 0.3 is 0 Å². The second-order valence-corrected chi connectivity index (χ2v) is 4.14. The van der Waals surface area contributed by atoms with Crippen molar-refractivity contribution in [3.63, 3.8) is 0 Å². The lowest BCUT2D eigenvalue weighted by Gasteiger charge is -2.02. The highest BCUT2D eigenvalue weighted by Crippen LogP contribution is 2.35. The van der Waals surface area contributed by atoms with E-state index in [1.807, 2.05) is 30.3 Å². The molecule has 3 rings (SSSR count). The van der Waals surface area contributed by atoms with Crippen LogP contribution in [0.2, 0.25) is 0 Å². The van der Waals surface area contributed by atoms with Gasteiger partial charge in [-0.1, -0.05) is 35.5 Å². The first-order chi connectivity index (χ1) is 9.25. The van der Waals surface area contributed by atoms with Gasteiger partial charge in [0.2, 0.25) is 5.88 Å². The Hall–Kier alpha value is -2.62. The maximum Gasteiger partial charge on any atom is 0.230 e. The summed E-state index contributed by atoms with van der Waals surface area (Å²) in [4.78, 5) is 0. The van der Waals surface area contributed by atoms with Crippen LogP contribution in [0.5, 0.6) is 0 Å². The fourth-order valence-corrected chi connectivity index (χ4v) is 1.99. The van der Waals surface area contributed by atoms with Crippen LogP contribution in [-0.4, -0.2) is 5.16 Å². The van der Waals surface area contributed by atoms with Crippen molar-refractivity contribution in [3.8, 4) is 22.4 Å². The molecule has 0 unspecified atom stereocenters. The minimum atomic E-state index is -0.290. The first-order valence-corrected chi connectivity index (χ1v) is 5.82. The molecule has 0 saturated carbocycles. The number of anilines is 1. The Balaban J connectivity index is 2.16. The lowest BCUT2D eigenvalue weighted by Crippen LogP contribution is -1.87. The SMILES string of the molecule is Nc1onc(-c2ccc(F)cc2)c1-c1ccccc1. The summed E-state index contributed by atoms with van der Waals surface area (Å²) in [7, 11) is 0. The standard InChI is InChI=1S/C15H11FN2O/c16-12-8-6-11(7-9-12)14-13(15(17)19-18-14)10-4-2-1-3-5-10/h1-9H,17H2. The fraction of sp³-hybridized carbons (Fsp3) is 0. The van der Waals surface area contributed by atoms with Crippen molar-refractivity contribution in [2.24, 2.45) is 0 Å². The maximum absolute atomic E-state index is 13.0. The molecule has 3 nitrogen and oxygen atoms in total. The second-order valence-electron chi connectivity index (χ2n) is 4.14. The Morgan fingerprint density at radius 3 is 2.26 bits per heavy atom. The zero-order chi connectivity index (χ0) is 13.2. The summed E-state index contributed by atoms with van der Waals surface area (Å²) in [6.45, 7) is 0. The zero-order valence-corrected chi connectivity index (χ0v) is 10.0. The number of hydrogen-bond acceptors (Lipinski definition) is 3. The van der Waals surface area contributed by atoms with Gasteiger partial charge in [0.15, 0.2) is 0 Å². The van der Waals surface area contributed by atoms with Crippen LogP contribution in [0.3, 0.4) is 0 Å². The Morgan fingerprint density at radius 1 is 0.895 bits per heavy atom. The molecule has 19 heavy (non-hydrogen) atoms. The van der Waals surface area contributed by atoms with E-state index in [0.717, 1.165) is 16.7 Å². The molecule has 0 aliphatic rings. The van der Waals surface area contributed by atoms with Crippen LogP contribution in [-0.2, 0) is 0 Å². The molecule has 0 aliphatic heterocycles. The van der Waals surface area contributed by atoms with Gasteiger partial charge in [0.1, 0.15) is 11.5 Å². The Labute approximate surface area is 109 Å². The average Bonchev–Trinajstić information content (AvgIpc) is 2.82. The fourth-order valence-electron chi connectivity index (χ4n) is 1.99. The molecule has 1 heterocycles. The predicted octanol–water partition coefficient (Wildman–Crippen LogP) is 3.73. The van der Waals surface area contributed by atoms with Crippen LogP contribution < -0.4 is 5.73 Å². The summed E-state index contributed by atoms with van der Waals surface area (Å²) in [5, 5.41) is 3.97. The highest BCUT2D eigenvalue weighted by molar-refractivity contribution is 5.86. The van der Waals surface area contributed by atoms with Crippen LogP contribution in [0.25, 0.3) is 22.4 Å². The van der Waals surface area contributed by atoms with Crippen molar-refractivity contribution < 1.29 is 8.91 Å². The largest absolute Gasteiger partial charge is 0.367 e. The predicted molar refractivity (Wildman–Crippen MR) is 71.7 cm³/mol. The van der Waals surface area contributed by atoms with Crippen molar-refractivity contribution in [2.75, 3.05) is 5.73 Å². The molecule has 0 atom stereocenters. The summed E-state index contributed by atoms with van der Waals surface area (Å²) in [6, 6.07) is 15.7. The van der Waals surface area contributed by atoms with Gasteiger partial charge in [0, 0.05) is 5.56 Å². The van der Waals surface area contributed by atoms with Gasteiger partial charge in [-0.15, -0.1) is 0 Å².